The van der Waals surface area contributed by atoms with E-state index in [2.05, 4.69) is 21.2 Å². The molecule has 1 amide bonds. The Kier molecular flexibility index (Phi) is 6.74. The number of rotatable bonds is 5. The third kappa shape index (κ3) is 5.19. The molecule has 0 bridgehead atoms. The number of halogens is 1. The predicted octanol–water partition coefficient (Wildman–Crippen LogP) is 4.24. The maximum absolute atomic E-state index is 12.4. The normalized spacial score (nSPS) is 10.7. The number of hydrogen-bond acceptors (Lipinski definition) is 5. The first kappa shape index (κ1) is 20.2. The Morgan fingerprint density at radius 2 is 1.96 bits per heavy atom. The first-order valence-corrected chi connectivity index (χ1v) is 8.69. The van der Waals surface area contributed by atoms with E-state index < -0.39 is 11.9 Å². The average molecular weight is 429 g/mol. The van der Waals surface area contributed by atoms with Crippen molar-refractivity contribution in [3.05, 3.63) is 57.6 Å². The summed E-state index contributed by atoms with van der Waals surface area (Å²) < 4.78 is 10.8. The van der Waals surface area contributed by atoms with Crippen molar-refractivity contribution in [3.8, 4) is 17.6 Å². The lowest BCUT2D eigenvalue weighted by Crippen LogP contribution is -2.14. The highest BCUT2D eigenvalue weighted by Gasteiger charge is 2.15. The van der Waals surface area contributed by atoms with Gasteiger partial charge in [-0.2, -0.15) is 5.26 Å². The van der Waals surface area contributed by atoms with Crippen LogP contribution in [0.1, 0.15) is 18.1 Å². The van der Waals surface area contributed by atoms with E-state index in [0.717, 1.165) is 5.56 Å². The Bertz CT molecular complexity index is 961. The number of esters is 1. The summed E-state index contributed by atoms with van der Waals surface area (Å²) in [7, 11) is 1.43. The average Bonchev–Trinajstić information content (AvgIpc) is 2.63. The summed E-state index contributed by atoms with van der Waals surface area (Å²) in [5.74, 6) is -0.494. The van der Waals surface area contributed by atoms with Gasteiger partial charge in [0.15, 0.2) is 11.5 Å². The highest BCUT2D eigenvalue weighted by atomic mass is 79.9. The number of carbonyl (C=O) groups excluding carboxylic acids is 2. The van der Waals surface area contributed by atoms with E-state index >= 15 is 0 Å². The molecule has 0 aliphatic heterocycles. The standard InChI is InChI=1S/C20H17BrN2O4/c1-12-6-4-5-7-17(12)23-20(25)15(11-22)8-14-9-16(21)19(27-13(2)24)18(10-14)26-3/h4-10H,1-3H3,(H,23,25)/b15-8+. The van der Waals surface area contributed by atoms with Gasteiger partial charge in [-0.05, 0) is 58.3 Å². The Morgan fingerprint density at radius 3 is 2.56 bits per heavy atom. The molecule has 0 saturated heterocycles. The van der Waals surface area contributed by atoms with Crippen LogP contribution in [0.15, 0.2) is 46.4 Å². The molecule has 0 saturated carbocycles. The van der Waals surface area contributed by atoms with Crippen molar-refractivity contribution in [2.75, 3.05) is 12.4 Å². The molecule has 27 heavy (non-hydrogen) atoms. The van der Waals surface area contributed by atoms with Gasteiger partial charge in [-0.25, -0.2) is 0 Å². The van der Waals surface area contributed by atoms with Gasteiger partial charge in [-0.15, -0.1) is 0 Å². The molecule has 2 rings (SSSR count). The Balaban J connectivity index is 2.35. The van der Waals surface area contributed by atoms with Crippen molar-refractivity contribution in [2.24, 2.45) is 0 Å². The van der Waals surface area contributed by atoms with Gasteiger partial charge in [0, 0.05) is 12.6 Å². The second kappa shape index (κ2) is 9.01. The molecule has 1 N–H and O–H groups in total. The second-order valence-corrected chi connectivity index (χ2v) is 6.42. The van der Waals surface area contributed by atoms with Crippen LogP contribution in [0.5, 0.6) is 11.5 Å². The molecule has 2 aromatic carbocycles. The van der Waals surface area contributed by atoms with Crippen LogP contribution in [-0.2, 0) is 9.59 Å². The molecule has 0 aromatic heterocycles. The van der Waals surface area contributed by atoms with Gasteiger partial charge in [0.05, 0.1) is 11.6 Å². The molecular formula is C20H17BrN2O4. The molecule has 0 atom stereocenters. The summed E-state index contributed by atoms with van der Waals surface area (Å²) in [4.78, 5) is 23.7. The number of benzene rings is 2. The van der Waals surface area contributed by atoms with E-state index in [1.165, 1.54) is 20.1 Å². The van der Waals surface area contributed by atoms with Crippen LogP contribution in [-0.4, -0.2) is 19.0 Å². The number of amides is 1. The number of hydrogen-bond donors (Lipinski definition) is 1. The summed E-state index contributed by atoms with van der Waals surface area (Å²) >= 11 is 3.31. The maximum Gasteiger partial charge on any atom is 0.308 e. The number of anilines is 1. The molecule has 0 radical (unpaired) electrons. The van der Waals surface area contributed by atoms with Crippen molar-refractivity contribution in [3.63, 3.8) is 0 Å². The fourth-order valence-electron chi connectivity index (χ4n) is 2.28. The van der Waals surface area contributed by atoms with Crippen molar-refractivity contribution in [1.82, 2.24) is 0 Å². The molecule has 0 aliphatic carbocycles. The van der Waals surface area contributed by atoms with Crippen LogP contribution in [0.2, 0.25) is 0 Å². The van der Waals surface area contributed by atoms with Gasteiger partial charge in [-0.1, -0.05) is 18.2 Å². The summed E-state index contributed by atoms with van der Waals surface area (Å²) in [6.45, 7) is 3.14. The molecule has 0 spiro atoms. The van der Waals surface area contributed by atoms with E-state index in [1.54, 1.807) is 24.3 Å². The molecule has 0 heterocycles. The SMILES string of the molecule is COc1cc(/C=C(\C#N)C(=O)Nc2ccccc2C)cc(Br)c1OC(C)=O. The van der Waals surface area contributed by atoms with Gasteiger partial charge < -0.3 is 14.8 Å². The smallest absolute Gasteiger partial charge is 0.308 e. The first-order valence-electron chi connectivity index (χ1n) is 7.90. The fraction of sp³-hybridized carbons (Fsp3) is 0.150. The Hall–Kier alpha value is -3.11. The maximum atomic E-state index is 12.4. The van der Waals surface area contributed by atoms with E-state index in [1.807, 2.05) is 25.1 Å². The van der Waals surface area contributed by atoms with Crippen LogP contribution < -0.4 is 14.8 Å². The summed E-state index contributed by atoms with van der Waals surface area (Å²) in [5.41, 5.74) is 1.98. The van der Waals surface area contributed by atoms with Crippen LogP contribution in [0, 0.1) is 18.3 Å². The third-order valence-corrected chi connectivity index (χ3v) is 4.16. The lowest BCUT2D eigenvalue weighted by Gasteiger charge is -2.11. The van der Waals surface area contributed by atoms with E-state index in [4.69, 9.17) is 9.47 Å². The predicted molar refractivity (Wildman–Crippen MR) is 105 cm³/mol. The topological polar surface area (TPSA) is 88.4 Å². The van der Waals surface area contributed by atoms with Gasteiger partial charge in [0.1, 0.15) is 11.6 Å². The minimum Gasteiger partial charge on any atom is -0.493 e. The molecule has 6 nitrogen and oxygen atoms in total. The molecule has 0 unspecified atom stereocenters. The van der Waals surface area contributed by atoms with Crippen molar-refractivity contribution in [2.45, 2.75) is 13.8 Å². The molecule has 7 heteroatoms. The number of nitriles is 1. The zero-order valence-corrected chi connectivity index (χ0v) is 16.6. The van der Waals surface area contributed by atoms with Crippen LogP contribution in [0.3, 0.4) is 0 Å². The number of methoxy groups -OCH3 is 1. The van der Waals surface area contributed by atoms with Crippen LogP contribution >= 0.6 is 15.9 Å². The number of nitrogens with one attached hydrogen (secondary N) is 1. The first-order chi connectivity index (χ1) is 12.8. The summed E-state index contributed by atoms with van der Waals surface area (Å²) in [5, 5.41) is 12.1. The highest BCUT2D eigenvalue weighted by Crippen LogP contribution is 2.37. The monoisotopic (exact) mass is 428 g/mol. The molecule has 2 aromatic rings. The van der Waals surface area contributed by atoms with E-state index in [0.29, 0.717) is 21.5 Å². The number of ether oxygens (including phenoxy) is 2. The zero-order valence-electron chi connectivity index (χ0n) is 15.0. The number of carbonyl (C=O) groups is 2. The Labute approximate surface area is 165 Å². The van der Waals surface area contributed by atoms with Gasteiger partial charge >= 0.3 is 5.97 Å². The second-order valence-electron chi connectivity index (χ2n) is 5.57. The minimum atomic E-state index is -0.522. The van der Waals surface area contributed by atoms with Crippen molar-refractivity contribution >= 4 is 39.6 Å². The molecule has 0 aliphatic rings. The lowest BCUT2D eigenvalue weighted by atomic mass is 10.1. The van der Waals surface area contributed by atoms with Crippen LogP contribution in [0.25, 0.3) is 6.08 Å². The van der Waals surface area contributed by atoms with Gasteiger partial charge in [0.2, 0.25) is 0 Å². The molecular weight excluding hydrogens is 412 g/mol. The number of aryl methyl sites for hydroxylation is 1. The summed E-state index contributed by atoms with van der Waals surface area (Å²) in [6.07, 6.45) is 1.43. The summed E-state index contributed by atoms with van der Waals surface area (Å²) in [6, 6.07) is 12.4. The van der Waals surface area contributed by atoms with E-state index in [-0.39, 0.29) is 11.3 Å². The molecule has 138 valence electrons. The lowest BCUT2D eigenvalue weighted by molar-refractivity contribution is -0.132. The third-order valence-electron chi connectivity index (χ3n) is 3.57. The molecule has 0 fully saturated rings. The number of para-hydroxylation sites is 1. The minimum absolute atomic E-state index is 0.0764. The van der Waals surface area contributed by atoms with Gasteiger partial charge in [0.25, 0.3) is 5.91 Å². The Morgan fingerprint density at radius 1 is 1.26 bits per heavy atom. The van der Waals surface area contributed by atoms with Crippen LogP contribution in [0.4, 0.5) is 5.69 Å². The van der Waals surface area contributed by atoms with Gasteiger partial charge in [-0.3, -0.25) is 9.59 Å². The fourth-order valence-corrected chi connectivity index (χ4v) is 2.82. The number of nitrogens with zero attached hydrogens (tertiary/aromatic N) is 1. The van der Waals surface area contributed by atoms with Crippen molar-refractivity contribution in [1.29, 1.82) is 5.26 Å². The van der Waals surface area contributed by atoms with E-state index in [9.17, 15) is 14.9 Å². The highest BCUT2D eigenvalue weighted by molar-refractivity contribution is 9.10. The zero-order chi connectivity index (χ0) is 20.0. The van der Waals surface area contributed by atoms with Crippen molar-refractivity contribution < 1.29 is 19.1 Å². The largest absolute Gasteiger partial charge is 0.493 e. The quantitative estimate of drug-likeness (QED) is 0.333.